The van der Waals surface area contributed by atoms with Crippen molar-refractivity contribution < 1.29 is 9.50 Å². The number of hydrogen-bond acceptors (Lipinski definition) is 3. The third-order valence-corrected chi connectivity index (χ3v) is 3.66. The van der Waals surface area contributed by atoms with Gasteiger partial charge in [-0.05, 0) is 42.3 Å². The van der Waals surface area contributed by atoms with E-state index in [0.717, 1.165) is 5.39 Å². The normalized spacial score (nSPS) is 12.6. The highest BCUT2D eigenvalue weighted by Crippen LogP contribution is 2.37. The highest BCUT2D eigenvalue weighted by molar-refractivity contribution is 6.36. The van der Waals surface area contributed by atoms with Gasteiger partial charge < -0.3 is 5.11 Å². The second-order valence-corrected chi connectivity index (χ2v) is 5.21. The number of fused-ring (bicyclic) bond motifs is 1. The zero-order valence-electron chi connectivity index (χ0n) is 11.2. The summed E-state index contributed by atoms with van der Waals surface area (Å²) in [6, 6.07) is 9.61. The molecular weight excluding hydrogens is 291 g/mol. The predicted octanol–water partition coefficient (Wildman–Crippen LogP) is 4.14. The van der Waals surface area contributed by atoms with Crippen molar-refractivity contribution in [2.75, 3.05) is 0 Å². The van der Waals surface area contributed by atoms with Gasteiger partial charge >= 0.3 is 0 Å². The summed E-state index contributed by atoms with van der Waals surface area (Å²) < 4.78 is 13.5. The summed E-state index contributed by atoms with van der Waals surface area (Å²) >= 11 is 6.24. The Balaban J connectivity index is 2.43. The van der Waals surface area contributed by atoms with Crippen molar-refractivity contribution in [2.24, 2.45) is 0 Å². The fourth-order valence-corrected chi connectivity index (χ4v) is 2.68. The van der Waals surface area contributed by atoms with Crippen molar-refractivity contribution in [1.82, 2.24) is 10.2 Å². The SMILES string of the molecule is C[C@@H](O)c1cc(Cl)c2ccnnc2c1-c1cccc(F)c1. The molecule has 0 saturated carbocycles. The van der Waals surface area contributed by atoms with Crippen LogP contribution >= 0.6 is 11.6 Å². The zero-order valence-corrected chi connectivity index (χ0v) is 12.0. The maximum absolute atomic E-state index is 13.5. The van der Waals surface area contributed by atoms with Crippen molar-refractivity contribution in [1.29, 1.82) is 0 Å². The molecule has 1 aromatic heterocycles. The number of rotatable bonds is 2. The van der Waals surface area contributed by atoms with Gasteiger partial charge in [0.1, 0.15) is 11.3 Å². The van der Waals surface area contributed by atoms with Gasteiger partial charge in [0, 0.05) is 10.9 Å². The Hall–Kier alpha value is -2.04. The fourth-order valence-electron chi connectivity index (χ4n) is 2.41. The summed E-state index contributed by atoms with van der Waals surface area (Å²) in [5.41, 5.74) is 2.43. The van der Waals surface area contributed by atoms with Crippen molar-refractivity contribution in [2.45, 2.75) is 13.0 Å². The smallest absolute Gasteiger partial charge is 0.123 e. The molecular formula is C16H12ClFN2O. The predicted molar refractivity (Wildman–Crippen MR) is 80.6 cm³/mol. The van der Waals surface area contributed by atoms with E-state index in [4.69, 9.17) is 11.6 Å². The molecule has 1 heterocycles. The lowest BCUT2D eigenvalue weighted by atomic mass is 9.94. The molecule has 5 heteroatoms. The molecule has 1 atom stereocenters. The fraction of sp³-hybridized carbons (Fsp3) is 0.125. The van der Waals surface area contributed by atoms with Gasteiger partial charge in [0.15, 0.2) is 0 Å². The Morgan fingerprint density at radius 2 is 2.05 bits per heavy atom. The van der Waals surface area contributed by atoms with Crippen LogP contribution in [0.15, 0.2) is 42.6 Å². The third kappa shape index (κ3) is 2.48. The van der Waals surface area contributed by atoms with E-state index in [1.807, 2.05) is 0 Å². The van der Waals surface area contributed by atoms with Gasteiger partial charge in [-0.25, -0.2) is 4.39 Å². The van der Waals surface area contributed by atoms with Crippen LogP contribution in [0.3, 0.4) is 0 Å². The first-order chi connectivity index (χ1) is 10.1. The highest BCUT2D eigenvalue weighted by atomic mass is 35.5. The van der Waals surface area contributed by atoms with Gasteiger partial charge in [-0.2, -0.15) is 5.10 Å². The molecule has 0 radical (unpaired) electrons. The van der Waals surface area contributed by atoms with Gasteiger partial charge in [0.05, 0.1) is 17.3 Å². The van der Waals surface area contributed by atoms with E-state index in [-0.39, 0.29) is 5.82 Å². The number of aliphatic hydroxyl groups excluding tert-OH is 1. The molecule has 106 valence electrons. The monoisotopic (exact) mass is 302 g/mol. The third-order valence-electron chi connectivity index (χ3n) is 3.35. The maximum atomic E-state index is 13.5. The van der Waals surface area contributed by atoms with E-state index in [9.17, 15) is 9.50 Å². The summed E-state index contributed by atoms with van der Waals surface area (Å²) in [6.07, 6.45) is 0.790. The lowest BCUT2D eigenvalue weighted by Crippen LogP contribution is -1.99. The minimum atomic E-state index is -0.757. The van der Waals surface area contributed by atoms with Crippen molar-refractivity contribution in [3.05, 3.63) is 59.0 Å². The van der Waals surface area contributed by atoms with Crippen molar-refractivity contribution in [3.63, 3.8) is 0 Å². The quantitative estimate of drug-likeness (QED) is 0.774. The van der Waals surface area contributed by atoms with Gasteiger partial charge in [-0.1, -0.05) is 23.7 Å². The van der Waals surface area contributed by atoms with Crippen LogP contribution in [-0.2, 0) is 0 Å². The molecule has 0 aliphatic rings. The van der Waals surface area contributed by atoms with Gasteiger partial charge in [0.25, 0.3) is 0 Å². The Kier molecular flexibility index (Phi) is 3.57. The lowest BCUT2D eigenvalue weighted by molar-refractivity contribution is 0.200. The minimum absolute atomic E-state index is 0.351. The Morgan fingerprint density at radius 3 is 2.76 bits per heavy atom. The maximum Gasteiger partial charge on any atom is 0.123 e. The first-order valence-corrected chi connectivity index (χ1v) is 6.83. The molecule has 0 bridgehead atoms. The molecule has 0 spiro atoms. The van der Waals surface area contributed by atoms with E-state index in [1.165, 1.54) is 12.1 Å². The van der Waals surface area contributed by atoms with E-state index in [2.05, 4.69) is 10.2 Å². The number of hydrogen-bond donors (Lipinski definition) is 1. The highest BCUT2D eigenvalue weighted by Gasteiger charge is 2.17. The Bertz CT molecular complexity index is 820. The second kappa shape index (κ2) is 5.39. The number of aliphatic hydroxyl groups is 1. The van der Waals surface area contributed by atoms with Crippen molar-refractivity contribution in [3.8, 4) is 11.1 Å². The standard InChI is InChI=1S/C16H12ClFN2O/c1-9(21)13-8-14(17)12-5-6-19-20-16(12)15(13)10-3-2-4-11(18)7-10/h2-9,21H,1H3/t9-/m1/s1. The average molecular weight is 303 g/mol. The van der Waals surface area contributed by atoms with Crippen LogP contribution < -0.4 is 0 Å². The number of aromatic nitrogens is 2. The first-order valence-electron chi connectivity index (χ1n) is 6.45. The van der Waals surface area contributed by atoms with Gasteiger partial charge in [0.2, 0.25) is 0 Å². The molecule has 0 amide bonds. The van der Waals surface area contributed by atoms with E-state index < -0.39 is 6.10 Å². The largest absolute Gasteiger partial charge is 0.389 e. The van der Waals surface area contributed by atoms with Gasteiger partial charge in [-0.3, -0.25) is 0 Å². The van der Waals surface area contributed by atoms with E-state index in [0.29, 0.717) is 27.2 Å². The summed E-state index contributed by atoms with van der Waals surface area (Å²) in [5, 5.41) is 19.2. The van der Waals surface area contributed by atoms with Crippen molar-refractivity contribution >= 4 is 22.5 Å². The molecule has 21 heavy (non-hydrogen) atoms. The molecule has 3 nitrogen and oxygen atoms in total. The van der Waals surface area contributed by atoms with Crippen LogP contribution in [0, 0.1) is 5.82 Å². The molecule has 1 N–H and O–H groups in total. The number of benzene rings is 2. The molecule has 3 rings (SSSR count). The number of halogens is 2. The molecule has 0 aliphatic carbocycles. The molecule has 3 aromatic rings. The average Bonchev–Trinajstić information content (AvgIpc) is 2.47. The van der Waals surface area contributed by atoms with E-state index in [1.54, 1.807) is 37.4 Å². The lowest BCUT2D eigenvalue weighted by Gasteiger charge is -2.15. The number of nitrogens with zero attached hydrogens (tertiary/aromatic N) is 2. The first kappa shape index (κ1) is 13.9. The molecule has 2 aromatic carbocycles. The van der Waals surface area contributed by atoms with Crippen LogP contribution in [0.2, 0.25) is 5.02 Å². The summed E-state index contributed by atoms with van der Waals surface area (Å²) in [4.78, 5) is 0. The van der Waals surface area contributed by atoms with Crippen LogP contribution in [-0.4, -0.2) is 15.3 Å². The van der Waals surface area contributed by atoms with Crippen LogP contribution in [0.4, 0.5) is 4.39 Å². The van der Waals surface area contributed by atoms with Crippen LogP contribution in [0.5, 0.6) is 0 Å². The Morgan fingerprint density at radius 1 is 1.24 bits per heavy atom. The summed E-state index contributed by atoms with van der Waals surface area (Å²) in [5.74, 6) is -0.351. The topological polar surface area (TPSA) is 46.0 Å². The van der Waals surface area contributed by atoms with Crippen LogP contribution in [0.25, 0.3) is 22.0 Å². The van der Waals surface area contributed by atoms with Gasteiger partial charge in [-0.15, -0.1) is 5.10 Å². The molecule has 0 aliphatic heterocycles. The van der Waals surface area contributed by atoms with Crippen LogP contribution in [0.1, 0.15) is 18.6 Å². The summed E-state index contributed by atoms with van der Waals surface area (Å²) in [6.45, 7) is 1.64. The zero-order chi connectivity index (χ0) is 15.0. The molecule has 0 saturated heterocycles. The Labute approximate surface area is 126 Å². The minimum Gasteiger partial charge on any atom is -0.389 e. The summed E-state index contributed by atoms with van der Waals surface area (Å²) in [7, 11) is 0. The molecule has 0 fully saturated rings. The van der Waals surface area contributed by atoms with E-state index >= 15 is 0 Å². The second-order valence-electron chi connectivity index (χ2n) is 4.80. The molecule has 0 unspecified atom stereocenters.